The third-order valence-corrected chi connectivity index (χ3v) is 5.24. The summed E-state index contributed by atoms with van der Waals surface area (Å²) in [5.41, 5.74) is 6.44. The van der Waals surface area contributed by atoms with E-state index in [0.717, 1.165) is 22.3 Å². The van der Waals surface area contributed by atoms with Gasteiger partial charge in [-0.2, -0.15) is 0 Å². The molecule has 2 nitrogen and oxygen atoms in total. The molecular formula is C18H16O2Se. The molecule has 0 aliphatic rings. The Kier molecular flexibility index (Phi) is 3.62. The molecule has 0 unspecified atom stereocenters. The second kappa shape index (κ2) is 5.44. The molecule has 3 rings (SSSR count). The van der Waals surface area contributed by atoms with Gasteiger partial charge in [0.2, 0.25) is 0 Å². The molecule has 0 aliphatic heterocycles. The van der Waals surface area contributed by atoms with E-state index in [2.05, 4.69) is 9.88 Å². The van der Waals surface area contributed by atoms with Crippen molar-refractivity contribution in [3.8, 4) is 33.8 Å². The molecule has 1 heterocycles. The molecule has 0 aliphatic carbocycles. The van der Waals surface area contributed by atoms with E-state index in [-0.39, 0.29) is 0 Å². The van der Waals surface area contributed by atoms with Crippen molar-refractivity contribution in [3.63, 3.8) is 0 Å². The second-order valence-electron chi connectivity index (χ2n) is 5.20. The summed E-state index contributed by atoms with van der Waals surface area (Å²) in [6.07, 6.45) is 0. The van der Waals surface area contributed by atoms with Crippen LogP contribution in [0.2, 0.25) is 0 Å². The van der Waals surface area contributed by atoms with Gasteiger partial charge in [0.25, 0.3) is 0 Å². The minimum absolute atomic E-state index is 0.328. The molecule has 0 saturated carbocycles. The Bertz CT molecular complexity index is 737. The van der Waals surface area contributed by atoms with Gasteiger partial charge in [0.05, 0.1) is 0 Å². The Morgan fingerprint density at radius 3 is 1.52 bits per heavy atom. The maximum atomic E-state index is 9.68. The van der Waals surface area contributed by atoms with Gasteiger partial charge < -0.3 is 0 Å². The molecule has 0 atom stereocenters. The first-order valence-electron chi connectivity index (χ1n) is 6.72. The van der Waals surface area contributed by atoms with Gasteiger partial charge in [-0.25, -0.2) is 0 Å². The van der Waals surface area contributed by atoms with Crippen LogP contribution in [0.4, 0.5) is 0 Å². The zero-order valence-corrected chi connectivity index (χ0v) is 13.6. The van der Waals surface area contributed by atoms with E-state index >= 15 is 0 Å². The zero-order valence-electron chi connectivity index (χ0n) is 11.9. The summed E-state index contributed by atoms with van der Waals surface area (Å²) in [5, 5.41) is 19.4. The average molecular weight is 343 g/mol. The van der Waals surface area contributed by atoms with Gasteiger partial charge in [-0.15, -0.1) is 0 Å². The predicted molar refractivity (Wildman–Crippen MR) is 87.1 cm³/mol. The van der Waals surface area contributed by atoms with Crippen molar-refractivity contribution in [2.45, 2.75) is 13.8 Å². The number of phenols is 2. The zero-order chi connectivity index (χ0) is 15.0. The van der Waals surface area contributed by atoms with E-state index in [0.29, 0.717) is 26.0 Å². The van der Waals surface area contributed by atoms with E-state index in [1.807, 2.05) is 38.1 Å². The Morgan fingerprint density at radius 1 is 0.714 bits per heavy atom. The van der Waals surface area contributed by atoms with Gasteiger partial charge in [-0.3, -0.25) is 0 Å². The Balaban J connectivity index is 2.12. The van der Waals surface area contributed by atoms with Crippen LogP contribution in [0.15, 0.2) is 46.3 Å². The van der Waals surface area contributed by atoms with Gasteiger partial charge in [0, 0.05) is 0 Å². The summed E-state index contributed by atoms with van der Waals surface area (Å²) in [5.74, 6) is 0.655. The average Bonchev–Trinajstić information content (AvgIpc) is 2.94. The SMILES string of the molecule is Cc1cc(-c2c[se]cc2-c2ccc(O)c(C)c2)ccc1O. The van der Waals surface area contributed by atoms with Crippen LogP contribution in [0, 0.1) is 13.8 Å². The molecule has 0 spiro atoms. The monoisotopic (exact) mass is 344 g/mol. The third-order valence-electron chi connectivity index (χ3n) is 3.68. The van der Waals surface area contributed by atoms with Crippen LogP contribution in [-0.4, -0.2) is 24.7 Å². The van der Waals surface area contributed by atoms with E-state index < -0.39 is 0 Å². The fraction of sp³-hybridized carbons (Fsp3) is 0.111. The van der Waals surface area contributed by atoms with E-state index in [9.17, 15) is 10.2 Å². The summed E-state index contributed by atoms with van der Waals surface area (Å²) in [6, 6.07) is 11.4. The van der Waals surface area contributed by atoms with Gasteiger partial charge in [0.1, 0.15) is 0 Å². The first-order chi connectivity index (χ1) is 10.1. The van der Waals surface area contributed by atoms with Gasteiger partial charge in [-0.1, -0.05) is 0 Å². The Morgan fingerprint density at radius 2 is 1.14 bits per heavy atom. The summed E-state index contributed by atoms with van der Waals surface area (Å²) in [7, 11) is 0. The van der Waals surface area contributed by atoms with E-state index in [1.54, 1.807) is 12.1 Å². The van der Waals surface area contributed by atoms with E-state index in [4.69, 9.17) is 0 Å². The minimum atomic E-state index is 0.328. The standard InChI is InChI=1S/C18H16O2Se/c1-11-7-13(3-5-17(11)19)15-9-21-10-16(15)14-4-6-18(20)12(2)8-14/h3-10,19-20H,1-2H3. The van der Waals surface area contributed by atoms with Crippen LogP contribution < -0.4 is 0 Å². The van der Waals surface area contributed by atoms with Crippen LogP contribution in [0.3, 0.4) is 0 Å². The third kappa shape index (κ3) is 2.63. The summed E-state index contributed by atoms with van der Waals surface area (Å²) in [4.78, 5) is 4.52. The molecule has 0 bridgehead atoms. The molecular weight excluding hydrogens is 327 g/mol. The molecule has 106 valence electrons. The van der Waals surface area contributed by atoms with Gasteiger partial charge >= 0.3 is 130 Å². The number of hydrogen-bond acceptors (Lipinski definition) is 2. The van der Waals surface area contributed by atoms with Crippen LogP contribution in [0.1, 0.15) is 11.1 Å². The topological polar surface area (TPSA) is 40.5 Å². The number of phenolic OH excluding ortho intramolecular Hbond substituents is 2. The number of aromatic hydroxyl groups is 2. The Labute approximate surface area is 130 Å². The normalized spacial score (nSPS) is 10.8. The van der Waals surface area contributed by atoms with Crippen molar-refractivity contribution >= 4 is 14.5 Å². The molecule has 0 radical (unpaired) electrons. The molecule has 21 heavy (non-hydrogen) atoms. The molecule has 0 amide bonds. The van der Waals surface area contributed by atoms with Crippen LogP contribution in [0.5, 0.6) is 11.5 Å². The van der Waals surface area contributed by atoms with Crippen LogP contribution >= 0.6 is 0 Å². The predicted octanol–water partition coefficient (Wildman–Crippen LogP) is 4.11. The summed E-state index contributed by atoms with van der Waals surface area (Å²) >= 11 is 0.349. The molecule has 2 aromatic carbocycles. The van der Waals surface area contributed by atoms with Crippen molar-refractivity contribution in [1.82, 2.24) is 0 Å². The van der Waals surface area contributed by atoms with Crippen molar-refractivity contribution < 1.29 is 10.2 Å². The molecule has 2 N–H and O–H groups in total. The molecule has 3 aromatic rings. The molecule has 3 heteroatoms. The van der Waals surface area contributed by atoms with Crippen LogP contribution in [0.25, 0.3) is 22.3 Å². The fourth-order valence-electron chi connectivity index (χ4n) is 2.39. The fourth-order valence-corrected chi connectivity index (χ4v) is 4.21. The molecule has 1 aromatic heterocycles. The number of hydrogen-bond donors (Lipinski definition) is 2. The van der Waals surface area contributed by atoms with Crippen molar-refractivity contribution in [2.75, 3.05) is 0 Å². The molecule has 0 saturated heterocycles. The van der Waals surface area contributed by atoms with Gasteiger partial charge in [-0.05, 0) is 0 Å². The quantitative estimate of drug-likeness (QED) is 0.688. The van der Waals surface area contributed by atoms with Crippen molar-refractivity contribution in [3.05, 3.63) is 57.4 Å². The number of rotatable bonds is 2. The summed E-state index contributed by atoms with van der Waals surface area (Å²) < 4.78 is 0. The number of benzene rings is 2. The first-order valence-corrected chi connectivity index (χ1v) is 8.70. The van der Waals surface area contributed by atoms with Crippen molar-refractivity contribution in [2.24, 2.45) is 0 Å². The maximum absolute atomic E-state index is 9.68. The summed E-state index contributed by atoms with van der Waals surface area (Å²) in [6.45, 7) is 3.82. The first kappa shape index (κ1) is 14.0. The van der Waals surface area contributed by atoms with E-state index in [1.165, 1.54) is 11.1 Å². The van der Waals surface area contributed by atoms with Gasteiger partial charge in [0.15, 0.2) is 0 Å². The Hall–Kier alpha value is -1.96. The second-order valence-corrected chi connectivity index (χ2v) is 6.76. The molecule has 0 fully saturated rings. The van der Waals surface area contributed by atoms with Crippen LogP contribution in [-0.2, 0) is 0 Å². The number of aryl methyl sites for hydroxylation is 2. The van der Waals surface area contributed by atoms with Crippen molar-refractivity contribution in [1.29, 1.82) is 0 Å².